The van der Waals surface area contributed by atoms with E-state index in [1.165, 1.54) is 0 Å². The summed E-state index contributed by atoms with van der Waals surface area (Å²) in [6, 6.07) is 0. The smallest absolute Gasteiger partial charge is 0.109 e. The van der Waals surface area contributed by atoms with Crippen molar-refractivity contribution in [1.29, 1.82) is 0 Å². The van der Waals surface area contributed by atoms with Crippen LogP contribution < -0.4 is 4.70 Å². The first-order valence-electron chi connectivity index (χ1n) is 1.39. The molecular weight excluding hydrogens is 119 g/mol. The van der Waals surface area contributed by atoms with Gasteiger partial charge in [0, 0.05) is 6.26 Å². The van der Waals surface area contributed by atoms with Gasteiger partial charge < -0.3 is 4.70 Å². The minimum absolute atomic E-state index is 0. The normalized spacial score (nSPS) is 8.00. The lowest BCUT2D eigenvalue weighted by Crippen LogP contribution is -3.00. The Bertz CT molecular complexity index is 22.8. The summed E-state index contributed by atoms with van der Waals surface area (Å²) < 4.78 is 0. The molecule has 0 spiro atoms. The SMILES string of the molecule is CS[S+](C)C.[F-]. The highest BCUT2D eigenvalue weighted by Gasteiger charge is 1.92. The molecule has 0 nitrogen and oxygen atoms in total. The minimum atomic E-state index is 0. The molecule has 0 aliphatic rings. The zero-order valence-electron chi connectivity index (χ0n) is 4.19. The maximum Gasteiger partial charge on any atom is 0.109 e. The number of rotatable bonds is 1. The van der Waals surface area contributed by atoms with Gasteiger partial charge in [-0.2, -0.15) is 0 Å². The van der Waals surface area contributed by atoms with Crippen molar-refractivity contribution in [2.24, 2.45) is 0 Å². The molecule has 0 bridgehead atoms. The van der Waals surface area contributed by atoms with Gasteiger partial charge in [0.1, 0.15) is 12.5 Å². The monoisotopic (exact) mass is 128 g/mol. The summed E-state index contributed by atoms with van der Waals surface area (Å²) in [7, 11) is 2.50. The van der Waals surface area contributed by atoms with Crippen LogP contribution in [-0.2, 0) is 9.93 Å². The summed E-state index contributed by atoms with van der Waals surface area (Å²) >= 11 is 0. The van der Waals surface area contributed by atoms with Crippen LogP contribution in [0.1, 0.15) is 0 Å². The fourth-order valence-electron chi connectivity index (χ4n) is 0. The lowest BCUT2D eigenvalue weighted by Gasteiger charge is -1.77. The molecular formula is C3H9FS2. The molecule has 0 heterocycles. The van der Waals surface area contributed by atoms with Gasteiger partial charge in [0.25, 0.3) is 0 Å². The van der Waals surface area contributed by atoms with Crippen LogP contribution in [0, 0.1) is 0 Å². The Kier molecular flexibility index (Phi) is 9.20. The van der Waals surface area contributed by atoms with Crippen LogP contribution in [-0.4, -0.2) is 18.8 Å². The third-order valence-corrected chi connectivity index (χ3v) is 3.00. The zero-order chi connectivity index (χ0) is 4.28. The van der Waals surface area contributed by atoms with E-state index >= 15 is 0 Å². The molecule has 0 rings (SSSR count). The fraction of sp³-hybridized carbons (Fsp3) is 1.00. The summed E-state index contributed by atoms with van der Waals surface area (Å²) in [5.41, 5.74) is 0. The van der Waals surface area contributed by atoms with Gasteiger partial charge in [0.2, 0.25) is 0 Å². The van der Waals surface area contributed by atoms with E-state index in [1.807, 2.05) is 10.8 Å². The Labute approximate surface area is 44.8 Å². The van der Waals surface area contributed by atoms with Crippen molar-refractivity contribution >= 4 is 20.7 Å². The average Bonchev–Trinajstić information content (AvgIpc) is 1.38. The molecule has 3 heteroatoms. The fourth-order valence-corrected chi connectivity index (χ4v) is 0. The van der Waals surface area contributed by atoms with E-state index in [-0.39, 0.29) is 4.70 Å². The molecule has 0 N–H and O–H groups in total. The first-order valence-corrected chi connectivity index (χ1v) is 5.17. The minimum Gasteiger partial charge on any atom is -1.00 e. The van der Waals surface area contributed by atoms with Gasteiger partial charge in [-0.15, -0.1) is 0 Å². The van der Waals surface area contributed by atoms with Crippen LogP contribution >= 0.6 is 10.8 Å². The van der Waals surface area contributed by atoms with E-state index in [9.17, 15) is 0 Å². The average molecular weight is 128 g/mol. The van der Waals surface area contributed by atoms with Crippen molar-refractivity contribution in [3.05, 3.63) is 0 Å². The predicted octanol–water partition coefficient (Wildman–Crippen LogP) is -1.85. The zero-order valence-corrected chi connectivity index (χ0v) is 5.83. The molecule has 0 saturated heterocycles. The largest absolute Gasteiger partial charge is 1.00 e. The third-order valence-electron chi connectivity index (χ3n) is 0.333. The Morgan fingerprint density at radius 3 is 1.50 bits per heavy atom. The standard InChI is InChI=1S/C3H9S2.FH/c1-4-5(2)3;/h1-3H3;1H/q+1;/p-1. The summed E-state index contributed by atoms with van der Waals surface area (Å²) in [6.45, 7) is 0. The number of halogens is 1. The maximum atomic E-state index is 2.21. The second kappa shape index (κ2) is 5.63. The summed E-state index contributed by atoms with van der Waals surface area (Å²) in [6.07, 6.45) is 6.55. The second-order valence-electron chi connectivity index (χ2n) is 0.908. The predicted molar refractivity (Wildman–Crippen MR) is 32.7 cm³/mol. The van der Waals surface area contributed by atoms with Gasteiger partial charge in [-0.3, -0.25) is 0 Å². The van der Waals surface area contributed by atoms with Crippen molar-refractivity contribution in [2.75, 3.05) is 18.8 Å². The van der Waals surface area contributed by atoms with E-state index in [2.05, 4.69) is 18.8 Å². The van der Waals surface area contributed by atoms with Gasteiger partial charge >= 0.3 is 0 Å². The lowest BCUT2D eigenvalue weighted by molar-refractivity contribution is -0.00000115. The van der Waals surface area contributed by atoms with Crippen LogP contribution in [0.4, 0.5) is 0 Å². The molecule has 0 aliphatic carbocycles. The Hall–Kier alpha value is 0.630. The van der Waals surface area contributed by atoms with Gasteiger partial charge in [-0.25, -0.2) is 0 Å². The molecule has 0 unspecified atom stereocenters. The maximum absolute atomic E-state index is 2.21. The molecule has 0 radical (unpaired) electrons. The van der Waals surface area contributed by atoms with E-state index in [0.717, 1.165) is 0 Å². The molecule has 0 saturated carbocycles. The van der Waals surface area contributed by atoms with Crippen LogP contribution in [0.2, 0.25) is 0 Å². The van der Waals surface area contributed by atoms with E-state index in [4.69, 9.17) is 0 Å². The van der Waals surface area contributed by atoms with Gasteiger partial charge in [-0.05, 0) is 0 Å². The highest BCUT2D eigenvalue weighted by Crippen LogP contribution is 2.01. The Morgan fingerprint density at radius 1 is 1.33 bits per heavy atom. The molecule has 0 atom stereocenters. The van der Waals surface area contributed by atoms with Crippen molar-refractivity contribution in [3.8, 4) is 0 Å². The Morgan fingerprint density at radius 2 is 1.50 bits per heavy atom. The second-order valence-corrected chi connectivity index (χ2v) is 5.72. The number of hydrogen-bond donors (Lipinski definition) is 0. The summed E-state index contributed by atoms with van der Waals surface area (Å²) in [4.78, 5) is 0. The molecule has 0 amide bonds. The van der Waals surface area contributed by atoms with Crippen molar-refractivity contribution in [3.63, 3.8) is 0 Å². The third kappa shape index (κ3) is 8.82. The Balaban J connectivity index is 0. The summed E-state index contributed by atoms with van der Waals surface area (Å²) in [5, 5.41) is 0. The van der Waals surface area contributed by atoms with Gasteiger partial charge in [0.05, 0.1) is 20.7 Å². The van der Waals surface area contributed by atoms with E-state index in [1.54, 1.807) is 0 Å². The van der Waals surface area contributed by atoms with E-state index < -0.39 is 0 Å². The molecule has 0 aromatic carbocycles. The van der Waals surface area contributed by atoms with Crippen molar-refractivity contribution in [2.45, 2.75) is 0 Å². The first-order chi connectivity index (χ1) is 2.27. The molecule has 0 aromatic rings. The quantitative estimate of drug-likeness (QED) is 0.295. The van der Waals surface area contributed by atoms with Crippen LogP contribution in [0.25, 0.3) is 0 Å². The van der Waals surface area contributed by atoms with Gasteiger partial charge in [-0.1, -0.05) is 0 Å². The molecule has 0 fully saturated rings. The van der Waals surface area contributed by atoms with Crippen molar-refractivity contribution in [1.82, 2.24) is 0 Å². The lowest BCUT2D eigenvalue weighted by atomic mass is 11.9. The van der Waals surface area contributed by atoms with E-state index in [0.29, 0.717) is 9.93 Å². The van der Waals surface area contributed by atoms with Crippen LogP contribution in [0.3, 0.4) is 0 Å². The summed E-state index contributed by atoms with van der Waals surface area (Å²) in [5.74, 6) is 0. The molecule has 40 valence electrons. The molecule has 0 aromatic heterocycles. The van der Waals surface area contributed by atoms with Crippen LogP contribution in [0.15, 0.2) is 0 Å². The highest BCUT2D eigenvalue weighted by molar-refractivity contribution is 8.73. The number of hydrogen-bond acceptors (Lipinski definition) is 1. The first kappa shape index (κ1) is 9.80. The molecule has 0 aliphatic heterocycles. The van der Waals surface area contributed by atoms with Crippen molar-refractivity contribution < 1.29 is 4.70 Å². The van der Waals surface area contributed by atoms with Crippen LogP contribution in [0.5, 0.6) is 0 Å². The molecule has 6 heavy (non-hydrogen) atoms. The topological polar surface area (TPSA) is 0 Å². The van der Waals surface area contributed by atoms with Gasteiger partial charge in [0.15, 0.2) is 0 Å². The highest BCUT2D eigenvalue weighted by atomic mass is 33.1.